The molecule has 0 unspecified atom stereocenters. The van der Waals surface area contributed by atoms with Crippen LogP contribution in [0.2, 0.25) is 0 Å². The third-order valence-corrected chi connectivity index (χ3v) is 4.76. The maximum absolute atomic E-state index is 12.1. The van der Waals surface area contributed by atoms with Crippen LogP contribution in [-0.4, -0.2) is 24.7 Å². The molecule has 0 aliphatic heterocycles. The first kappa shape index (κ1) is 16.7. The minimum absolute atomic E-state index is 0.0144. The van der Waals surface area contributed by atoms with Crippen molar-refractivity contribution in [2.24, 2.45) is 5.92 Å². The molecule has 1 aromatic carbocycles. The van der Waals surface area contributed by atoms with E-state index in [1.807, 2.05) is 61.9 Å². The second kappa shape index (κ2) is 7.07. The van der Waals surface area contributed by atoms with Crippen molar-refractivity contribution in [3.8, 4) is 0 Å². The van der Waals surface area contributed by atoms with E-state index in [-0.39, 0.29) is 11.7 Å². The zero-order valence-corrected chi connectivity index (χ0v) is 14.1. The molecule has 0 saturated carbocycles. The fourth-order valence-corrected chi connectivity index (χ4v) is 3.61. The van der Waals surface area contributed by atoms with E-state index in [4.69, 9.17) is 0 Å². The Balaban J connectivity index is 1.87. The minimum atomic E-state index is -3.31. The molecule has 0 saturated heterocycles. The largest absolute Gasteiger partial charge is 0.269 e. The van der Waals surface area contributed by atoms with E-state index in [1.165, 1.54) is 0 Å². The summed E-state index contributed by atoms with van der Waals surface area (Å²) in [6.07, 6.45) is 0. The number of nitrogens with zero attached hydrogens (tertiary/aromatic N) is 2. The van der Waals surface area contributed by atoms with E-state index >= 15 is 0 Å². The highest BCUT2D eigenvalue weighted by Crippen LogP contribution is 2.08. The Kier molecular flexibility index (Phi) is 5.37. The first-order valence-electron chi connectivity index (χ1n) is 7.38. The molecule has 2 rings (SSSR count). The summed E-state index contributed by atoms with van der Waals surface area (Å²) in [5.74, 6) is 0.184. The Labute approximate surface area is 132 Å². The molecule has 0 aliphatic carbocycles. The number of hydrogen-bond acceptors (Lipinski definition) is 3. The van der Waals surface area contributed by atoms with Crippen LogP contribution in [0.25, 0.3) is 0 Å². The molecule has 120 valence electrons. The Hall–Kier alpha value is -1.66. The summed E-state index contributed by atoms with van der Waals surface area (Å²) in [7, 11) is -3.31. The normalized spacial score (nSPS) is 13.2. The number of nitrogens with one attached hydrogen (secondary N) is 1. The van der Waals surface area contributed by atoms with Gasteiger partial charge in [-0.3, -0.25) is 4.68 Å². The summed E-state index contributed by atoms with van der Waals surface area (Å²) in [6, 6.07) is 11.2. The smallest absolute Gasteiger partial charge is 0.215 e. The lowest BCUT2D eigenvalue weighted by Crippen LogP contribution is -2.31. The number of rotatable bonds is 7. The second-order valence-electron chi connectivity index (χ2n) is 5.81. The Morgan fingerprint density at radius 1 is 1.23 bits per heavy atom. The van der Waals surface area contributed by atoms with Crippen LogP contribution in [0.5, 0.6) is 0 Å². The highest BCUT2D eigenvalue weighted by atomic mass is 32.2. The van der Waals surface area contributed by atoms with Crippen molar-refractivity contribution >= 4 is 10.0 Å². The highest BCUT2D eigenvalue weighted by Gasteiger charge is 2.14. The molecular weight excluding hydrogens is 298 g/mol. The Morgan fingerprint density at radius 2 is 1.91 bits per heavy atom. The van der Waals surface area contributed by atoms with E-state index in [0.29, 0.717) is 13.1 Å². The van der Waals surface area contributed by atoms with Crippen LogP contribution in [0.4, 0.5) is 0 Å². The lowest BCUT2D eigenvalue weighted by atomic mass is 10.2. The van der Waals surface area contributed by atoms with E-state index in [2.05, 4.69) is 9.82 Å². The quantitative estimate of drug-likeness (QED) is 0.851. The van der Waals surface area contributed by atoms with Gasteiger partial charge in [-0.1, -0.05) is 37.3 Å². The fourth-order valence-electron chi connectivity index (χ4n) is 2.33. The van der Waals surface area contributed by atoms with Gasteiger partial charge in [0.1, 0.15) is 0 Å². The van der Waals surface area contributed by atoms with Crippen LogP contribution < -0.4 is 4.72 Å². The third kappa shape index (κ3) is 4.96. The van der Waals surface area contributed by atoms with E-state index in [9.17, 15) is 8.42 Å². The van der Waals surface area contributed by atoms with E-state index in [0.717, 1.165) is 17.0 Å². The Bertz CT molecular complexity index is 708. The number of hydrogen-bond donors (Lipinski definition) is 1. The van der Waals surface area contributed by atoms with Gasteiger partial charge in [-0.2, -0.15) is 5.10 Å². The van der Waals surface area contributed by atoms with Crippen molar-refractivity contribution in [2.75, 3.05) is 6.54 Å². The lowest BCUT2D eigenvalue weighted by molar-refractivity contribution is 0.436. The van der Waals surface area contributed by atoms with Gasteiger partial charge in [-0.25, -0.2) is 13.1 Å². The van der Waals surface area contributed by atoms with Crippen molar-refractivity contribution in [1.29, 1.82) is 0 Å². The number of aromatic nitrogens is 2. The van der Waals surface area contributed by atoms with Crippen LogP contribution in [-0.2, 0) is 22.3 Å². The monoisotopic (exact) mass is 321 g/mol. The van der Waals surface area contributed by atoms with Gasteiger partial charge in [-0.15, -0.1) is 0 Å². The van der Waals surface area contributed by atoms with E-state index in [1.54, 1.807) is 0 Å². The van der Waals surface area contributed by atoms with Gasteiger partial charge in [0.05, 0.1) is 11.4 Å². The van der Waals surface area contributed by atoms with E-state index < -0.39 is 10.0 Å². The summed E-state index contributed by atoms with van der Waals surface area (Å²) < 4.78 is 28.8. The van der Waals surface area contributed by atoms with Crippen LogP contribution in [0.3, 0.4) is 0 Å². The maximum Gasteiger partial charge on any atom is 0.215 e. The molecule has 0 amide bonds. The molecule has 6 heteroatoms. The topological polar surface area (TPSA) is 64.0 Å². The molecule has 0 aliphatic rings. The molecule has 1 N–H and O–H groups in total. The molecule has 22 heavy (non-hydrogen) atoms. The van der Waals surface area contributed by atoms with Crippen molar-refractivity contribution in [3.63, 3.8) is 0 Å². The van der Waals surface area contributed by atoms with Crippen molar-refractivity contribution in [2.45, 2.75) is 33.1 Å². The predicted octanol–water partition coefficient (Wildman–Crippen LogP) is 2.26. The molecule has 0 bridgehead atoms. The summed E-state index contributed by atoms with van der Waals surface area (Å²) in [4.78, 5) is 0. The average Bonchev–Trinajstić information content (AvgIpc) is 2.75. The molecule has 5 nitrogen and oxygen atoms in total. The molecule has 2 aromatic rings. The number of benzene rings is 1. The SMILES string of the molecule is Cc1cc(C)n(C[C@@H](C)CNS(=O)(=O)Cc2ccccc2)n1. The fraction of sp³-hybridized carbons (Fsp3) is 0.438. The van der Waals surface area contributed by atoms with Gasteiger partial charge in [0.2, 0.25) is 10.0 Å². The Morgan fingerprint density at radius 3 is 2.50 bits per heavy atom. The van der Waals surface area contributed by atoms with Crippen LogP contribution in [0.1, 0.15) is 23.9 Å². The van der Waals surface area contributed by atoms with Gasteiger partial charge < -0.3 is 0 Å². The average molecular weight is 321 g/mol. The summed E-state index contributed by atoms with van der Waals surface area (Å²) in [6.45, 7) is 7.09. The highest BCUT2D eigenvalue weighted by molar-refractivity contribution is 7.88. The zero-order valence-electron chi connectivity index (χ0n) is 13.3. The van der Waals surface area contributed by atoms with Crippen LogP contribution in [0.15, 0.2) is 36.4 Å². The third-order valence-electron chi connectivity index (χ3n) is 3.44. The molecular formula is C16H23N3O2S. The summed E-state index contributed by atoms with van der Waals surface area (Å²) >= 11 is 0. The molecule has 1 atom stereocenters. The van der Waals surface area contributed by atoms with Gasteiger partial charge in [0.25, 0.3) is 0 Å². The molecule has 0 spiro atoms. The van der Waals surface area contributed by atoms with Gasteiger partial charge in [-0.05, 0) is 31.4 Å². The first-order valence-corrected chi connectivity index (χ1v) is 9.03. The standard InChI is InChI=1S/C16H23N3O2S/c1-13(11-19-15(3)9-14(2)18-19)10-17-22(20,21)12-16-7-5-4-6-8-16/h4-9,13,17H,10-12H2,1-3H3/t13-/m0/s1. The number of aryl methyl sites for hydroxylation is 2. The van der Waals surface area contributed by atoms with Crippen molar-refractivity contribution in [3.05, 3.63) is 53.3 Å². The van der Waals surface area contributed by atoms with Crippen LogP contribution in [0, 0.1) is 19.8 Å². The molecule has 0 fully saturated rings. The van der Waals surface area contributed by atoms with Crippen molar-refractivity contribution in [1.82, 2.24) is 14.5 Å². The summed E-state index contributed by atoms with van der Waals surface area (Å²) in [5, 5.41) is 4.40. The molecule has 1 aromatic heterocycles. The summed E-state index contributed by atoms with van der Waals surface area (Å²) in [5.41, 5.74) is 2.87. The molecule has 0 radical (unpaired) electrons. The van der Waals surface area contributed by atoms with Gasteiger partial charge in [0, 0.05) is 18.8 Å². The second-order valence-corrected chi connectivity index (χ2v) is 7.61. The van der Waals surface area contributed by atoms with Gasteiger partial charge in [0.15, 0.2) is 0 Å². The molecule has 1 heterocycles. The minimum Gasteiger partial charge on any atom is -0.269 e. The van der Waals surface area contributed by atoms with Gasteiger partial charge >= 0.3 is 0 Å². The lowest BCUT2D eigenvalue weighted by Gasteiger charge is -2.14. The van der Waals surface area contributed by atoms with Crippen LogP contribution >= 0.6 is 0 Å². The van der Waals surface area contributed by atoms with Crippen molar-refractivity contribution < 1.29 is 8.42 Å². The predicted molar refractivity (Wildman–Crippen MR) is 87.9 cm³/mol. The first-order chi connectivity index (χ1) is 10.4. The maximum atomic E-state index is 12.1. The number of sulfonamides is 1. The zero-order chi connectivity index (χ0) is 16.2.